The first kappa shape index (κ1) is 14.0. The Balaban J connectivity index is 1.53. The molecular weight excluding hydrogens is 242 g/mol. The van der Waals surface area contributed by atoms with Crippen LogP contribution in [-0.4, -0.2) is 19.3 Å². The fourth-order valence-corrected chi connectivity index (χ4v) is 3.20. The van der Waals surface area contributed by atoms with Crippen LogP contribution in [0.1, 0.15) is 43.9 Å². The van der Waals surface area contributed by atoms with Crippen molar-refractivity contribution in [3.63, 3.8) is 0 Å². The monoisotopic (exact) mass is 267 g/mol. The summed E-state index contributed by atoms with van der Waals surface area (Å²) in [5.74, 6) is 0.818. The Labute approximate surface area is 115 Å². The van der Waals surface area contributed by atoms with Gasteiger partial charge >= 0.3 is 0 Å². The molecule has 0 amide bonds. The Hall–Kier alpha value is -0.380. The van der Waals surface area contributed by atoms with E-state index in [4.69, 9.17) is 4.74 Å². The lowest BCUT2D eigenvalue weighted by molar-refractivity contribution is 0.0313. The lowest BCUT2D eigenvalue weighted by Gasteiger charge is -2.23. The summed E-state index contributed by atoms with van der Waals surface area (Å²) in [4.78, 5) is 1.40. The minimum atomic E-state index is 0.326. The molecule has 0 saturated heterocycles. The highest BCUT2D eigenvalue weighted by Gasteiger charge is 2.14. The van der Waals surface area contributed by atoms with E-state index in [9.17, 15) is 0 Å². The smallest absolute Gasteiger partial charge is 0.0671 e. The number of hydrogen-bond acceptors (Lipinski definition) is 3. The second-order valence-corrected chi connectivity index (χ2v) is 6.39. The predicted molar refractivity (Wildman–Crippen MR) is 78.0 cm³/mol. The summed E-state index contributed by atoms with van der Waals surface area (Å²) in [6.45, 7) is 5.05. The lowest BCUT2D eigenvalue weighted by Crippen LogP contribution is -2.28. The molecular formula is C15H25NOS. The van der Waals surface area contributed by atoms with Gasteiger partial charge in [-0.1, -0.05) is 25.3 Å². The van der Waals surface area contributed by atoms with Crippen molar-refractivity contribution in [3.05, 3.63) is 22.4 Å². The van der Waals surface area contributed by atoms with Gasteiger partial charge in [-0.3, -0.25) is 0 Å². The molecule has 0 spiro atoms. The summed E-state index contributed by atoms with van der Waals surface area (Å²) < 4.78 is 5.94. The third kappa shape index (κ3) is 5.09. The van der Waals surface area contributed by atoms with E-state index in [1.165, 1.54) is 37.0 Å². The molecule has 0 aliphatic heterocycles. The predicted octanol–water partition coefficient (Wildman–Crippen LogP) is 3.82. The zero-order valence-electron chi connectivity index (χ0n) is 11.4. The Morgan fingerprint density at radius 2 is 2.22 bits per heavy atom. The normalized spacial score (nSPS) is 18.9. The molecule has 3 heteroatoms. The van der Waals surface area contributed by atoms with Crippen molar-refractivity contribution in [2.24, 2.45) is 5.92 Å². The third-order valence-corrected chi connectivity index (χ3v) is 4.53. The van der Waals surface area contributed by atoms with E-state index in [-0.39, 0.29) is 0 Å². The molecule has 2 nitrogen and oxygen atoms in total. The number of ether oxygens (including phenoxy) is 1. The van der Waals surface area contributed by atoms with Gasteiger partial charge in [0, 0.05) is 24.6 Å². The van der Waals surface area contributed by atoms with Gasteiger partial charge in [0.1, 0.15) is 0 Å². The van der Waals surface area contributed by atoms with Gasteiger partial charge in [0.25, 0.3) is 0 Å². The van der Waals surface area contributed by atoms with E-state index in [1.54, 1.807) is 0 Å². The van der Waals surface area contributed by atoms with Crippen molar-refractivity contribution >= 4 is 11.3 Å². The van der Waals surface area contributed by atoms with Gasteiger partial charge in [-0.25, -0.2) is 0 Å². The molecule has 0 radical (unpaired) electrons. The highest BCUT2D eigenvalue weighted by Crippen LogP contribution is 2.23. The molecule has 0 bridgehead atoms. The topological polar surface area (TPSA) is 21.3 Å². The standard InChI is InChI=1S/C15H25NOS/c1-13(10-16-11-15-8-5-9-18-15)17-12-14-6-3-2-4-7-14/h5,8-9,13-14,16H,2-4,6-7,10-12H2,1H3. The van der Waals surface area contributed by atoms with Crippen molar-refractivity contribution in [3.8, 4) is 0 Å². The van der Waals surface area contributed by atoms with Crippen LogP contribution in [0, 0.1) is 5.92 Å². The van der Waals surface area contributed by atoms with Crippen LogP contribution >= 0.6 is 11.3 Å². The Morgan fingerprint density at radius 3 is 2.94 bits per heavy atom. The van der Waals surface area contributed by atoms with Gasteiger partial charge < -0.3 is 10.1 Å². The van der Waals surface area contributed by atoms with Crippen molar-refractivity contribution < 1.29 is 4.74 Å². The minimum Gasteiger partial charge on any atom is -0.377 e. The Kier molecular flexibility index (Phi) is 6.18. The van der Waals surface area contributed by atoms with Crippen molar-refractivity contribution in [1.29, 1.82) is 0 Å². The molecule has 2 rings (SSSR count). The van der Waals surface area contributed by atoms with Gasteiger partial charge in [0.05, 0.1) is 6.10 Å². The fraction of sp³-hybridized carbons (Fsp3) is 0.733. The summed E-state index contributed by atoms with van der Waals surface area (Å²) in [6, 6.07) is 4.27. The van der Waals surface area contributed by atoms with E-state index >= 15 is 0 Å². The van der Waals surface area contributed by atoms with Gasteiger partial charge in [-0.2, -0.15) is 0 Å². The molecule has 1 aliphatic rings. The zero-order valence-corrected chi connectivity index (χ0v) is 12.2. The zero-order chi connectivity index (χ0) is 12.6. The molecule has 1 aromatic rings. The molecule has 1 saturated carbocycles. The van der Waals surface area contributed by atoms with E-state index in [0.29, 0.717) is 6.10 Å². The maximum absolute atomic E-state index is 5.94. The number of nitrogens with one attached hydrogen (secondary N) is 1. The molecule has 0 aromatic carbocycles. The average molecular weight is 267 g/mol. The molecule has 1 aliphatic carbocycles. The van der Waals surface area contributed by atoms with Crippen LogP contribution < -0.4 is 5.32 Å². The third-order valence-electron chi connectivity index (χ3n) is 3.65. The first-order valence-corrected chi connectivity index (χ1v) is 8.07. The number of thiophene rings is 1. The van der Waals surface area contributed by atoms with Gasteiger partial charge in [0.15, 0.2) is 0 Å². The maximum Gasteiger partial charge on any atom is 0.0671 e. The summed E-state index contributed by atoms with van der Waals surface area (Å²) in [7, 11) is 0. The van der Waals surface area contributed by atoms with Crippen LogP contribution in [0.5, 0.6) is 0 Å². The van der Waals surface area contributed by atoms with Crippen LogP contribution in [0.3, 0.4) is 0 Å². The summed E-state index contributed by atoms with van der Waals surface area (Å²) in [5, 5.41) is 5.59. The summed E-state index contributed by atoms with van der Waals surface area (Å²) >= 11 is 1.81. The first-order chi connectivity index (χ1) is 8.84. The SMILES string of the molecule is CC(CNCc1cccs1)OCC1CCCCC1. The van der Waals surface area contributed by atoms with E-state index in [1.807, 2.05) is 11.3 Å². The van der Waals surface area contributed by atoms with Crippen LogP contribution in [0.4, 0.5) is 0 Å². The van der Waals surface area contributed by atoms with Crippen LogP contribution in [0.2, 0.25) is 0 Å². The highest BCUT2D eigenvalue weighted by molar-refractivity contribution is 7.09. The molecule has 1 unspecified atom stereocenters. The molecule has 1 atom stereocenters. The molecule has 1 heterocycles. The van der Waals surface area contributed by atoms with Crippen LogP contribution in [-0.2, 0) is 11.3 Å². The number of hydrogen-bond donors (Lipinski definition) is 1. The summed E-state index contributed by atoms with van der Waals surface area (Å²) in [5.41, 5.74) is 0. The van der Waals surface area contributed by atoms with E-state index < -0.39 is 0 Å². The van der Waals surface area contributed by atoms with Gasteiger partial charge in [0.2, 0.25) is 0 Å². The Morgan fingerprint density at radius 1 is 1.39 bits per heavy atom. The Bertz CT molecular complexity index is 306. The van der Waals surface area contributed by atoms with Crippen molar-refractivity contribution in [1.82, 2.24) is 5.32 Å². The molecule has 102 valence electrons. The summed E-state index contributed by atoms with van der Waals surface area (Å²) in [6.07, 6.45) is 7.30. The van der Waals surface area contributed by atoms with Gasteiger partial charge in [-0.15, -0.1) is 11.3 Å². The second-order valence-electron chi connectivity index (χ2n) is 5.36. The van der Waals surface area contributed by atoms with E-state index in [2.05, 4.69) is 29.8 Å². The largest absolute Gasteiger partial charge is 0.377 e. The van der Waals surface area contributed by atoms with Crippen LogP contribution in [0.15, 0.2) is 17.5 Å². The fourth-order valence-electron chi connectivity index (χ4n) is 2.52. The van der Waals surface area contributed by atoms with Crippen LogP contribution in [0.25, 0.3) is 0 Å². The van der Waals surface area contributed by atoms with Gasteiger partial charge in [-0.05, 0) is 37.1 Å². The lowest BCUT2D eigenvalue weighted by atomic mass is 9.90. The van der Waals surface area contributed by atoms with E-state index in [0.717, 1.165) is 25.6 Å². The molecule has 18 heavy (non-hydrogen) atoms. The first-order valence-electron chi connectivity index (χ1n) is 7.19. The molecule has 1 aromatic heterocycles. The minimum absolute atomic E-state index is 0.326. The van der Waals surface area contributed by atoms with Crippen molar-refractivity contribution in [2.75, 3.05) is 13.2 Å². The van der Waals surface area contributed by atoms with Crippen molar-refractivity contribution in [2.45, 2.75) is 51.7 Å². The highest BCUT2D eigenvalue weighted by atomic mass is 32.1. The maximum atomic E-state index is 5.94. The second kappa shape index (κ2) is 7.93. The average Bonchev–Trinajstić information content (AvgIpc) is 2.91. The molecule has 1 N–H and O–H groups in total. The molecule has 1 fully saturated rings. The number of rotatable bonds is 7. The quantitative estimate of drug-likeness (QED) is 0.811.